The Hall–Kier alpha value is -3.25. The number of aryl methyl sites for hydroxylation is 1. The highest BCUT2D eigenvalue weighted by Crippen LogP contribution is 2.24. The molecule has 0 bridgehead atoms. The van der Waals surface area contributed by atoms with E-state index in [2.05, 4.69) is 4.98 Å². The molecule has 0 fully saturated rings. The molecule has 0 amide bonds. The Morgan fingerprint density at radius 1 is 1.03 bits per heavy atom. The van der Waals surface area contributed by atoms with Gasteiger partial charge in [-0.3, -0.25) is 9.17 Å². The van der Waals surface area contributed by atoms with Crippen LogP contribution >= 0.6 is 0 Å². The minimum atomic E-state index is -3.88. The fourth-order valence-electron chi connectivity index (χ4n) is 2.79. The van der Waals surface area contributed by atoms with Crippen LogP contribution in [0.5, 0.6) is 5.75 Å². The summed E-state index contributed by atoms with van der Waals surface area (Å²) in [4.78, 5) is 4.12. The molecular weight excluding hydrogens is 416 g/mol. The largest absolute Gasteiger partial charge is 0.466 e. The van der Waals surface area contributed by atoms with Crippen molar-refractivity contribution in [3.63, 3.8) is 0 Å². The molecule has 2 aromatic carbocycles. The Labute approximate surface area is 182 Å². The summed E-state index contributed by atoms with van der Waals surface area (Å²) < 4.78 is 41.0. The summed E-state index contributed by atoms with van der Waals surface area (Å²) in [5.41, 5.74) is 2.74. The molecule has 1 heterocycles. The second kappa shape index (κ2) is 10.7. The molecule has 3 rings (SSSR count). The third-order valence-corrected chi connectivity index (χ3v) is 5.73. The first kappa shape index (κ1) is 22.4. The van der Waals surface area contributed by atoms with Gasteiger partial charge in [0.05, 0.1) is 18.1 Å². The molecule has 0 aliphatic heterocycles. The maximum absolute atomic E-state index is 12.3. The molecule has 31 heavy (non-hydrogen) atoms. The van der Waals surface area contributed by atoms with Crippen LogP contribution in [0.4, 0.5) is 0 Å². The Morgan fingerprint density at radius 3 is 2.48 bits per heavy atom. The van der Waals surface area contributed by atoms with Gasteiger partial charge in [-0.15, -0.1) is 0 Å². The zero-order valence-corrected chi connectivity index (χ0v) is 17.8. The van der Waals surface area contributed by atoms with Gasteiger partial charge in [-0.25, -0.2) is 0 Å². The quantitative estimate of drug-likeness (QED) is 0.270. The zero-order chi connectivity index (χ0) is 22.1. The third-order valence-electron chi connectivity index (χ3n) is 4.41. The highest BCUT2D eigenvalue weighted by molar-refractivity contribution is 7.86. The van der Waals surface area contributed by atoms with E-state index in [1.807, 2.05) is 43.3 Å². The number of pyridine rings is 1. The van der Waals surface area contributed by atoms with Crippen LogP contribution in [-0.2, 0) is 32.1 Å². The summed E-state index contributed by atoms with van der Waals surface area (Å²) in [5, 5.41) is 9.37. The van der Waals surface area contributed by atoms with Crippen LogP contribution in [0.1, 0.15) is 22.3 Å². The number of nitriles is 1. The van der Waals surface area contributed by atoms with Gasteiger partial charge in [0.2, 0.25) is 0 Å². The molecule has 160 valence electrons. The number of hydrogen-bond donors (Lipinski definition) is 0. The molecule has 0 aliphatic carbocycles. The monoisotopic (exact) mass is 438 g/mol. The normalized spacial score (nSPS) is 11.1. The first-order valence-electron chi connectivity index (χ1n) is 9.57. The van der Waals surface area contributed by atoms with Crippen LogP contribution in [0.15, 0.2) is 71.9 Å². The first-order chi connectivity index (χ1) is 15.0. The Morgan fingerprint density at radius 2 is 1.77 bits per heavy atom. The molecular formula is C23H22N2O5S. The SMILES string of the molecule is Cc1ccc(S(=O)(=O)OCCc2cncc(C#N)c2OCOCc2ccccc2)cc1. The number of benzene rings is 2. The summed E-state index contributed by atoms with van der Waals surface area (Å²) >= 11 is 0. The van der Waals surface area contributed by atoms with E-state index in [-0.39, 0.29) is 30.3 Å². The molecule has 1 aromatic heterocycles. The van der Waals surface area contributed by atoms with Gasteiger partial charge in [0.15, 0.2) is 6.79 Å². The predicted octanol–water partition coefficient (Wildman–Crippen LogP) is 3.76. The summed E-state index contributed by atoms with van der Waals surface area (Å²) in [6.45, 7) is 2.05. The van der Waals surface area contributed by atoms with E-state index in [0.29, 0.717) is 17.9 Å². The van der Waals surface area contributed by atoms with Crippen molar-refractivity contribution in [1.29, 1.82) is 5.26 Å². The number of nitrogens with zero attached hydrogens (tertiary/aromatic N) is 2. The maximum Gasteiger partial charge on any atom is 0.296 e. The molecule has 0 aliphatic rings. The fourth-order valence-corrected chi connectivity index (χ4v) is 3.70. The van der Waals surface area contributed by atoms with E-state index in [4.69, 9.17) is 13.7 Å². The van der Waals surface area contributed by atoms with Crippen molar-refractivity contribution in [1.82, 2.24) is 4.98 Å². The van der Waals surface area contributed by atoms with E-state index in [0.717, 1.165) is 11.1 Å². The molecule has 0 saturated carbocycles. The summed E-state index contributed by atoms with van der Waals surface area (Å²) in [5.74, 6) is 0.307. The Kier molecular flexibility index (Phi) is 7.73. The molecule has 0 atom stereocenters. The van der Waals surface area contributed by atoms with Gasteiger partial charge in [-0.2, -0.15) is 13.7 Å². The smallest absolute Gasteiger partial charge is 0.296 e. The van der Waals surface area contributed by atoms with Gasteiger partial charge in [0, 0.05) is 24.4 Å². The third kappa shape index (κ3) is 6.36. The van der Waals surface area contributed by atoms with Crippen molar-refractivity contribution in [2.45, 2.75) is 24.8 Å². The molecule has 7 nitrogen and oxygen atoms in total. The Bertz CT molecular complexity index is 1140. The Balaban J connectivity index is 1.60. The van der Waals surface area contributed by atoms with Crippen LogP contribution in [-0.4, -0.2) is 26.8 Å². The summed E-state index contributed by atoms with van der Waals surface area (Å²) in [6, 6.07) is 18.1. The summed E-state index contributed by atoms with van der Waals surface area (Å²) in [6.07, 6.45) is 3.11. The van der Waals surface area contributed by atoms with E-state index in [9.17, 15) is 13.7 Å². The van der Waals surface area contributed by atoms with Crippen LogP contribution in [0.3, 0.4) is 0 Å². The number of ether oxygens (including phenoxy) is 2. The van der Waals surface area contributed by atoms with E-state index in [1.54, 1.807) is 12.1 Å². The van der Waals surface area contributed by atoms with Crippen molar-refractivity contribution in [3.8, 4) is 11.8 Å². The first-order valence-corrected chi connectivity index (χ1v) is 11.0. The lowest BCUT2D eigenvalue weighted by molar-refractivity contribution is 0.00425. The van der Waals surface area contributed by atoms with Crippen molar-refractivity contribution in [3.05, 3.63) is 89.2 Å². The van der Waals surface area contributed by atoms with Gasteiger partial charge in [0.1, 0.15) is 17.4 Å². The molecule has 8 heteroatoms. The van der Waals surface area contributed by atoms with Crippen LogP contribution in [0.25, 0.3) is 0 Å². The molecule has 0 saturated heterocycles. The van der Waals surface area contributed by atoms with Crippen LogP contribution in [0.2, 0.25) is 0 Å². The van der Waals surface area contributed by atoms with Gasteiger partial charge in [0.25, 0.3) is 10.1 Å². The van der Waals surface area contributed by atoms with Gasteiger partial charge < -0.3 is 9.47 Å². The van der Waals surface area contributed by atoms with Gasteiger partial charge in [-0.05, 0) is 24.6 Å². The molecule has 0 radical (unpaired) electrons. The maximum atomic E-state index is 12.3. The lowest BCUT2D eigenvalue weighted by Gasteiger charge is -2.13. The molecule has 0 spiro atoms. The summed E-state index contributed by atoms with van der Waals surface area (Å²) in [7, 11) is -3.88. The van der Waals surface area contributed by atoms with E-state index >= 15 is 0 Å². The van der Waals surface area contributed by atoms with Crippen molar-refractivity contribution >= 4 is 10.1 Å². The van der Waals surface area contributed by atoms with Crippen LogP contribution in [0, 0.1) is 18.3 Å². The second-order valence-corrected chi connectivity index (χ2v) is 8.34. The molecule has 3 aromatic rings. The average molecular weight is 439 g/mol. The highest BCUT2D eigenvalue weighted by Gasteiger charge is 2.16. The second-order valence-electron chi connectivity index (χ2n) is 6.72. The van der Waals surface area contributed by atoms with Crippen molar-refractivity contribution in [2.24, 2.45) is 0 Å². The van der Waals surface area contributed by atoms with Crippen molar-refractivity contribution in [2.75, 3.05) is 13.4 Å². The lowest BCUT2D eigenvalue weighted by Crippen LogP contribution is -2.11. The lowest BCUT2D eigenvalue weighted by atomic mass is 10.1. The molecule has 0 unspecified atom stereocenters. The minimum Gasteiger partial charge on any atom is -0.466 e. The standard InChI is InChI=1S/C23H22N2O5S/c1-18-7-9-22(10-8-18)31(26,27)30-12-11-20-14-25-15-21(13-24)23(20)29-17-28-16-19-5-3-2-4-6-19/h2-10,14-15H,11-12,16-17H2,1H3. The van der Waals surface area contributed by atoms with Crippen LogP contribution < -0.4 is 4.74 Å². The van der Waals surface area contributed by atoms with E-state index < -0.39 is 10.1 Å². The number of aromatic nitrogens is 1. The van der Waals surface area contributed by atoms with Gasteiger partial charge in [-0.1, -0.05) is 48.0 Å². The van der Waals surface area contributed by atoms with E-state index in [1.165, 1.54) is 24.5 Å². The topological polar surface area (TPSA) is 98.5 Å². The fraction of sp³-hybridized carbons (Fsp3) is 0.217. The average Bonchev–Trinajstić information content (AvgIpc) is 2.78. The number of hydrogen-bond acceptors (Lipinski definition) is 7. The zero-order valence-electron chi connectivity index (χ0n) is 17.0. The van der Waals surface area contributed by atoms with Crippen molar-refractivity contribution < 1.29 is 22.1 Å². The predicted molar refractivity (Wildman–Crippen MR) is 114 cm³/mol. The highest BCUT2D eigenvalue weighted by atomic mass is 32.2. The van der Waals surface area contributed by atoms with Gasteiger partial charge >= 0.3 is 0 Å². The number of rotatable bonds is 10. The minimum absolute atomic E-state index is 0.0664. The molecule has 0 N–H and O–H groups in total.